The van der Waals surface area contributed by atoms with Crippen LogP contribution in [0.2, 0.25) is 0 Å². The van der Waals surface area contributed by atoms with Crippen LogP contribution in [0.15, 0.2) is 48.5 Å². The van der Waals surface area contributed by atoms with Gasteiger partial charge >= 0.3 is 16.2 Å². The van der Waals surface area contributed by atoms with Gasteiger partial charge in [-0.05, 0) is 55.5 Å². The highest BCUT2D eigenvalue weighted by Gasteiger charge is 2.22. The standard InChI is InChI=1S/C24H27N5O5S/c1-16(30)17-4-7-19(8-5-17)28-10-12-29(13-11-28)23-15-21(24(31)32)20-14-18(6-9-22(20)25-23)26-35(33,34)27(2)3/h4-9,14-15,26H,10-13H2,1-3H3,(H,31,32). The minimum atomic E-state index is -3.73. The molecular weight excluding hydrogens is 470 g/mol. The van der Waals surface area contributed by atoms with E-state index in [2.05, 4.69) is 14.6 Å². The van der Waals surface area contributed by atoms with Crippen LogP contribution in [0, 0.1) is 0 Å². The zero-order valence-electron chi connectivity index (χ0n) is 19.7. The number of aromatic carboxylic acids is 1. The van der Waals surface area contributed by atoms with Crippen molar-refractivity contribution in [3.63, 3.8) is 0 Å². The monoisotopic (exact) mass is 497 g/mol. The third-order valence-corrected chi connectivity index (χ3v) is 7.45. The molecule has 35 heavy (non-hydrogen) atoms. The molecule has 0 spiro atoms. The fourth-order valence-corrected chi connectivity index (χ4v) is 4.56. The van der Waals surface area contributed by atoms with Crippen molar-refractivity contribution in [3.05, 3.63) is 59.7 Å². The number of hydrogen-bond acceptors (Lipinski definition) is 7. The number of Topliss-reactive ketones (excluding diaryl/α,β-unsaturated/α-hetero) is 1. The van der Waals surface area contributed by atoms with E-state index in [-0.39, 0.29) is 17.0 Å². The largest absolute Gasteiger partial charge is 0.478 e. The molecule has 0 saturated carbocycles. The van der Waals surface area contributed by atoms with Gasteiger partial charge in [-0.15, -0.1) is 0 Å². The van der Waals surface area contributed by atoms with Crippen LogP contribution in [0.1, 0.15) is 27.6 Å². The molecule has 0 unspecified atom stereocenters. The number of hydrogen-bond donors (Lipinski definition) is 2. The Kier molecular flexibility index (Phi) is 6.64. The van der Waals surface area contributed by atoms with Crippen molar-refractivity contribution >= 4 is 50.1 Å². The molecule has 4 rings (SSSR count). The smallest absolute Gasteiger partial charge is 0.336 e. The number of carboxylic acid groups (broad SMARTS) is 1. The maximum Gasteiger partial charge on any atom is 0.336 e. The lowest BCUT2D eigenvalue weighted by molar-refractivity contribution is 0.0698. The number of ketones is 1. The van der Waals surface area contributed by atoms with Gasteiger partial charge in [0.05, 0.1) is 16.8 Å². The first-order chi connectivity index (χ1) is 16.5. The predicted octanol–water partition coefficient (Wildman–Crippen LogP) is 2.68. The van der Waals surface area contributed by atoms with Gasteiger partial charge in [0.2, 0.25) is 0 Å². The number of rotatable bonds is 7. The van der Waals surface area contributed by atoms with E-state index in [1.165, 1.54) is 26.2 Å². The van der Waals surface area contributed by atoms with Crippen molar-refractivity contribution in [2.75, 3.05) is 54.8 Å². The van der Waals surface area contributed by atoms with E-state index >= 15 is 0 Å². The van der Waals surface area contributed by atoms with Crippen LogP contribution < -0.4 is 14.5 Å². The van der Waals surface area contributed by atoms with Crippen LogP contribution in [0.25, 0.3) is 10.9 Å². The molecule has 0 bridgehead atoms. The molecule has 0 radical (unpaired) electrons. The fourth-order valence-electron chi connectivity index (χ4n) is 3.96. The van der Waals surface area contributed by atoms with Crippen molar-refractivity contribution in [1.82, 2.24) is 9.29 Å². The normalized spacial score (nSPS) is 14.4. The van der Waals surface area contributed by atoms with Crippen LogP contribution in [0.3, 0.4) is 0 Å². The van der Waals surface area contributed by atoms with Crippen LogP contribution in [0.5, 0.6) is 0 Å². The highest BCUT2D eigenvalue weighted by atomic mass is 32.2. The Balaban J connectivity index is 1.56. The lowest BCUT2D eigenvalue weighted by atomic mass is 10.1. The van der Waals surface area contributed by atoms with Gasteiger partial charge in [-0.2, -0.15) is 12.7 Å². The maximum absolute atomic E-state index is 12.1. The fraction of sp³-hybridized carbons (Fsp3) is 0.292. The van der Waals surface area contributed by atoms with E-state index in [4.69, 9.17) is 0 Å². The molecule has 184 valence electrons. The van der Waals surface area contributed by atoms with E-state index in [1.54, 1.807) is 19.1 Å². The van der Waals surface area contributed by atoms with Gasteiger partial charge in [0, 0.05) is 56.9 Å². The number of piperazine rings is 1. The van der Waals surface area contributed by atoms with E-state index in [0.29, 0.717) is 48.5 Å². The number of aromatic nitrogens is 1. The molecule has 10 nitrogen and oxygen atoms in total. The predicted molar refractivity (Wildman–Crippen MR) is 136 cm³/mol. The Morgan fingerprint density at radius 2 is 1.60 bits per heavy atom. The van der Waals surface area contributed by atoms with E-state index in [0.717, 1.165) is 9.99 Å². The average Bonchev–Trinajstić information content (AvgIpc) is 2.83. The molecule has 1 fully saturated rings. The number of carbonyl (C=O) groups is 2. The van der Waals surface area contributed by atoms with Crippen molar-refractivity contribution in [2.45, 2.75) is 6.92 Å². The molecule has 0 amide bonds. The Hall–Kier alpha value is -3.70. The summed E-state index contributed by atoms with van der Waals surface area (Å²) < 4.78 is 27.8. The first-order valence-corrected chi connectivity index (χ1v) is 12.5. The molecule has 1 aliphatic heterocycles. The third kappa shape index (κ3) is 5.20. The molecule has 2 heterocycles. The summed E-state index contributed by atoms with van der Waals surface area (Å²) in [4.78, 5) is 32.5. The van der Waals surface area contributed by atoms with Crippen molar-refractivity contribution < 1.29 is 23.1 Å². The minimum absolute atomic E-state index is 0.0280. The summed E-state index contributed by atoms with van der Waals surface area (Å²) in [7, 11) is -0.920. The Labute approximate surface area is 204 Å². The summed E-state index contributed by atoms with van der Waals surface area (Å²) in [6, 6.07) is 13.7. The zero-order valence-corrected chi connectivity index (χ0v) is 20.5. The molecular formula is C24H27N5O5S. The van der Waals surface area contributed by atoms with Crippen molar-refractivity contribution in [2.24, 2.45) is 0 Å². The van der Waals surface area contributed by atoms with Gasteiger partial charge in [0.15, 0.2) is 5.78 Å². The molecule has 11 heteroatoms. The van der Waals surface area contributed by atoms with Gasteiger partial charge in [-0.3, -0.25) is 9.52 Å². The third-order valence-electron chi connectivity index (χ3n) is 6.00. The Bertz CT molecular complexity index is 1380. The van der Waals surface area contributed by atoms with Crippen molar-refractivity contribution in [3.8, 4) is 0 Å². The van der Waals surface area contributed by atoms with E-state index < -0.39 is 16.2 Å². The van der Waals surface area contributed by atoms with E-state index in [9.17, 15) is 23.1 Å². The topological polar surface area (TPSA) is 123 Å². The molecule has 0 atom stereocenters. The Morgan fingerprint density at radius 3 is 2.17 bits per heavy atom. The summed E-state index contributed by atoms with van der Waals surface area (Å²) in [5.41, 5.74) is 2.48. The summed E-state index contributed by atoms with van der Waals surface area (Å²) in [6.45, 7) is 4.26. The van der Waals surface area contributed by atoms with Gasteiger partial charge in [-0.25, -0.2) is 9.78 Å². The number of nitrogens with one attached hydrogen (secondary N) is 1. The van der Waals surface area contributed by atoms with E-state index in [1.807, 2.05) is 29.2 Å². The van der Waals surface area contributed by atoms with Crippen molar-refractivity contribution in [1.29, 1.82) is 0 Å². The molecule has 1 aliphatic rings. The highest BCUT2D eigenvalue weighted by molar-refractivity contribution is 7.90. The highest BCUT2D eigenvalue weighted by Crippen LogP contribution is 2.28. The summed E-state index contributed by atoms with van der Waals surface area (Å²) in [5, 5.41) is 10.2. The molecule has 0 aliphatic carbocycles. The second-order valence-electron chi connectivity index (χ2n) is 8.53. The van der Waals surface area contributed by atoms with Crippen LogP contribution in [-0.4, -0.2) is 74.8 Å². The number of benzene rings is 2. The first kappa shape index (κ1) is 24.4. The number of carbonyl (C=O) groups excluding carboxylic acids is 1. The zero-order chi connectivity index (χ0) is 25.3. The molecule has 1 saturated heterocycles. The lowest BCUT2D eigenvalue weighted by Crippen LogP contribution is -2.46. The maximum atomic E-state index is 12.1. The molecule has 2 N–H and O–H groups in total. The van der Waals surface area contributed by atoms with Gasteiger partial charge in [-0.1, -0.05) is 0 Å². The summed E-state index contributed by atoms with van der Waals surface area (Å²) in [6.07, 6.45) is 0. The summed E-state index contributed by atoms with van der Waals surface area (Å²) in [5.74, 6) is -0.529. The SMILES string of the molecule is CC(=O)c1ccc(N2CCN(c3cc(C(=O)O)c4cc(NS(=O)(=O)N(C)C)ccc4n3)CC2)cc1. The average molecular weight is 498 g/mol. The number of fused-ring (bicyclic) bond motifs is 1. The van der Waals surface area contributed by atoms with Crippen LogP contribution >= 0.6 is 0 Å². The Morgan fingerprint density at radius 1 is 0.971 bits per heavy atom. The number of nitrogens with zero attached hydrogens (tertiary/aromatic N) is 4. The van der Waals surface area contributed by atoms with Gasteiger partial charge in [0.1, 0.15) is 5.82 Å². The van der Waals surface area contributed by atoms with Crippen LogP contribution in [-0.2, 0) is 10.2 Å². The molecule has 1 aromatic heterocycles. The second kappa shape index (κ2) is 9.51. The summed E-state index contributed by atoms with van der Waals surface area (Å²) >= 11 is 0. The second-order valence-corrected chi connectivity index (χ2v) is 10.4. The molecule has 2 aromatic carbocycles. The number of pyridine rings is 1. The van der Waals surface area contributed by atoms with Gasteiger partial charge < -0.3 is 14.9 Å². The minimum Gasteiger partial charge on any atom is -0.478 e. The quantitative estimate of drug-likeness (QED) is 0.478. The number of carboxylic acids is 1. The lowest BCUT2D eigenvalue weighted by Gasteiger charge is -2.37. The van der Waals surface area contributed by atoms with Gasteiger partial charge in [0.25, 0.3) is 0 Å². The number of anilines is 3. The first-order valence-electron chi connectivity index (χ1n) is 11.0. The van der Waals surface area contributed by atoms with Crippen LogP contribution in [0.4, 0.5) is 17.2 Å². The molecule has 3 aromatic rings.